The Bertz CT molecular complexity index is 3130. The number of rotatable bonds is 7. The molecule has 0 unspecified atom stereocenters. The third kappa shape index (κ3) is 5.45. The SMILES string of the molecule is c1cccc(N(c2ccccc2)c2cc3c4c(c2)Oc2cc5c6ccc(N(c7ccccc7)c7ccccc7)cc6n(-c6ccccc6)c5cc2B4c2ccccc2O3)c#1. The highest BCUT2D eigenvalue weighted by molar-refractivity contribution is 6.98. The normalized spacial score (nSPS) is 12.1. The average molecular weight is 768 g/mol. The molecular weight excluding hydrogens is 733 g/mol. The van der Waals surface area contributed by atoms with Gasteiger partial charge in [0.15, 0.2) is 0 Å². The van der Waals surface area contributed by atoms with E-state index in [0.29, 0.717) is 0 Å². The van der Waals surface area contributed by atoms with Gasteiger partial charge in [-0.1, -0.05) is 109 Å². The van der Waals surface area contributed by atoms with Crippen molar-refractivity contribution in [2.45, 2.75) is 0 Å². The third-order valence-electron chi connectivity index (χ3n) is 11.7. The first kappa shape index (κ1) is 34.0. The summed E-state index contributed by atoms with van der Waals surface area (Å²) < 4.78 is 16.3. The number of nitrogens with zero attached hydrogens (tertiary/aromatic N) is 3. The molecule has 0 aliphatic carbocycles. The summed E-state index contributed by atoms with van der Waals surface area (Å²) in [7, 11) is 0. The maximum Gasteiger partial charge on any atom is 0.260 e. The summed E-state index contributed by atoms with van der Waals surface area (Å²) in [6.45, 7) is -0.117. The van der Waals surface area contributed by atoms with E-state index in [9.17, 15) is 0 Å². The summed E-state index contributed by atoms with van der Waals surface area (Å²) in [5.41, 5.74) is 12.6. The average Bonchev–Trinajstić information content (AvgIpc) is 3.62. The molecule has 0 radical (unpaired) electrons. The standard InChI is InChI=1S/C54H34BN3O2/c1-6-18-37(19-7-1)56(38-20-8-2-9-21-38)42-30-31-44-45-35-51-47(36-49(45)58(48(44)32-42)41-26-14-5-15-27-41)55-46-28-16-17-29-50(46)59-52-33-43(34-53(60-51)54(52)55)57(39-22-10-3-11-23-39)40-24-12-4-13-25-40/h1-12,14-24,26-36H. The summed E-state index contributed by atoms with van der Waals surface area (Å²) in [6.07, 6.45) is 0. The highest BCUT2D eigenvalue weighted by Crippen LogP contribution is 2.45. The van der Waals surface area contributed by atoms with Crippen LogP contribution in [0.15, 0.2) is 206 Å². The first-order valence-corrected chi connectivity index (χ1v) is 20.2. The number of anilines is 6. The molecule has 3 heterocycles. The Kier molecular flexibility index (Phi) is 7.79. The Morgan fingerprint density at radius 2 is 1.02 bits per heavy atom. The van der Waals surface area contributed by atoms with Crippen LogP contribution in [0.3, 0.4) is 0 Å². The molecule has 0 saturated carbocycles. The number of hydrogen-bond acceptors (Lipinski definition) is 4. The number of hydrogen-bond donors (Lipinski definition) is 0. The Hall–Kier alpha value is -8.14. The second-order valence-electron chi connectivity index (χ2n) is 15.2. The van der Waals surface area contributed by atoms with Gasteiger partial charge in [-0.3, -0.25) is 0 Å². The minimum absolute atomic E-state index is 0.117. The van der Waals surface area contributed by atoms with E-state index in [4.69, 9.17) is 9.47 Å². The van der Waals surface area contributed by atoms with Crippen molar-refractivity contribution in [3.63, 3.8) is 0 Å². The molecule has 0 spiro atoms. The van der Waals surface area contributed by atoms with Crippen LogP contribution in [0.1, 0.15) is 0 Å². The smallest absolute Gasteiger partial charge is 0.260 e. The van der Waals surface area contributed by atoms with Crippen molar-refractivity contribution in [1.82, 2.24) is 4.57 Å². The molecule has 0 atom stereocenters. The minimum atomic E-state index is -0.117. The zero-order chi connectivity index (χ0) is 39.6. The molecule has 60 heavy (non-hydrogen) atoms. The van der Waals surface area contributed by atoms with Gasteiger partial charge in [-0.15, -0.1) is 0 Å². The van der Waals surface area contributed by atoms with E-state index >= 15 is 0 Å². The number of ether oxygens (including phenoxy) is 2. The molecule has 9 aromatic carbocycles. The van der Waals surface area contributed by atoms with Crippen LogP contribution in [0, 0.1) is 12.1 Å². The Morgan fingerprint density at radius 1 is 0.417 bits per heavy atom. The van der Waals surface area contributed by atoms with Gasteiger partial charge in [-0.2, -0.15) is 0 Å². The predicted octanol–water partition coefficient (Wildman–Crippen LogP) is 12.1. The maximum absolute atomic E-state index is 7.11. The first-order valence-electron chi connectivity index (χ1n) is 20.2. The summed E-state index contributed by atoms with van der Waals surface area (Å²) in [5.74, 6) is 3.21. The molecule has 0 N–H and O–H groups in total. The topological polar surface area (TPSA) is 29.9 Å². The zero-order valence-electron chi connectivity index (χ0n) is 32.4. The van der Waals surface area contributed by atoms with Gasteiger partial charge in [0, 0.05) is 56.8 Å². The predicted molar refractivity (Wildman–Crippen MR) is 246 cm³/mol. The lowest BCUT2D eigenvalue weighted by Gasteiger charge is -2.34. The highest BCUT2D eigenvalue weighted by atomic mass is 16.5. The minimum Gasteiger partial charge on any atom is -0.458 e. The van der Waals surface area contributed by atoms with Crippen molar-refractivity contribution in [3.05, 3.63) is 218 Å². The van der Waals surface area contributed by atoms with Crippen LogP contribution in [0.2, 0.25) is 0 Å². The summed E-state index contributed by atoms with van der Waals surface area (Å²) >= 11 is 0. The van der Waals surface area contributed by atoms with Gasteiger partial charge in [-0.05, 0) is 108 Å². The quantitative estimate of drug-likeness (QED) is 0.151. The van der Waals surface area contributed by atoms with E-state index in [-0.39, 0.29) is 6.71 Å². The van der Waals surface area contributed by atoms with Crippen molar-refractivity contribution in [1.29, 1.82) is 0 Å². The lowest BCUT2D eigenvalue weighted by atomic mass is 9.35. The lowest BCUT2D eigenvalue weighted by molar-refractivity contribution is 0.465. The second-order valence-corrected chi connectivity index (χ2v) is 15.2. The van der Waals surface area contributed by atoms with E-state index < -0.39 is 0 Å². The fraction of sp³-hybridized carbons (Fsp3) is 0. The monoisotopic (exact) mass is 767 g/mol. The molecule has 0 amide bonds. The third-order valence-corrected chi connectivity index (χ3v) is 11.7. The van der Waals surface area contributed by atoms with Gasteiger partial charge in [-0.25, -0.2) is 0 Å². The molecule has 6 heteroatoms. The number of para-hydroxylation sites is 5. The van der Waals surface area contributed by atoms with Gasteiger partial charge >= 0.3 is 0 Å². The van der Waals surface area contributed by atoms with Crippen LogP contribution < -0.4 is 35.7 Å². The van der Waals surface area contributed by atoms with Crippen LogP contribution in [0.4, 0.5) is 34.1 Å². The van der Waals surface area contributed by atoms with Crippen LogP contribution in [0.5, 0.6) is 23.0 Å². The largest absolute Gasteiger partial charge is 0.458 e. The van der Waals surface area contributed by atoms with E-state index in [2.05, 4.69) is 190 Å². The van der Waals surface area contributed by atoms with Gasteiger partial charge in [0.2, 0.25) is 0 Å². The molecule has 2 aliphatic heterocycles. The van der Waals surface area contributed by atoms with Gasteiger partial charge in [0.25, 0.3) is 6.71 Å². The number of fused-ring (bicyclic) bond motifs is 7. The van der Waals surface area contributed by atoms with Crippen LogP contribution >= 0.6 is 0 Å². The molecule has 0 saturated heterocycles. The van der Waals surface area contributed by atoms with Gasteiger partial charge in [0.05, 0.1) is 22.4 Å². The summed E-state index contributed by atoms with van der Waals surface area (Å²) in [6, 6.07) is 78.6. The van der Waals surface area contributed by atoms with E-state index in [1.165, 1.54) is 0 Å². The molecule has 1 aromatic heterocycles. The highest BCUT2D eigenvalue weighted by Gasteiger charge is 2.41. The number of benzene rings is 8. The van der Waals surface area contributed by atoms with E-state index in [0.717, 1.165) is 101 Å². The molecule has 2 aliphatic rings. The lowest BCUT2D eigenvalue weighted by Crippen LogP contribution is -2.57. The van der Waals surface area contributed by atoms with Crippen LogP contribution in [0.25, 0.3) is 27.5 Å². The van der Waals surface area contributed by atoms with Crippen LogP contribution in [-0.4, -0.2) is 11.3 Å². The Labute approximate surface area is 348 Å². The maximum atomic E-state index is 7.11. The van der Waals surface area contributed by atoms with Crippen molar-refractivity contribution in [2.24, 2.45) is 0 Å². The zero-order valence-corrected chi connectivity index (χ0v) is 32.4. The van der Waals surface area contributed by atoms with E-state index in [1.54, 1.807) is 0 Å². The summed E-state index contributed by atoms with van der Waals surface area (Å²) in [5, 5.41) is 2.26. The first-order chi connectivity index (χ1) is 29.8. The fourth-order valence-electron chi connectivity index (χ4n) is 9.13. The molecule has 0 bridgehead atoms. The second kappa shape index (κ2) is 13.8. The molecular formula is C54H34BN3O2. The van der Waals surface area contributed by atoms with Crippen molar-refractivity contribution in [2.75, 3.05) is 9.80 Å². The Balaban J connectivity index is 1.09. The van der Waals surface area contributed by atoms with Gasteiger partial charge in [0.1, 0.15) is 23.0 Å². The van der Waals surface area contributed by atoms with Crippen molar-refractivity contribution < 1.29 is 9.47 Å². The van der Waals surface area contributed by atoms with Crippen molar-refractivity contribution in [3.8, 4) is 28.7 Å². The number of aromatic nitrogens is 1. The van der Waals surface area contributed by atoms with Gasteiger partial charge < -0.3 is 23.8 Å². The molecule has 5 nitrogen and oxygen atoms in total. The molecule has 280 valence electrons. The molecule has 0 fully saturated rings. The molecule has 10 aromatic rings. The van der Waals surface area contributed by atoms with E-state index in [1.807, 2.05) is 42.5 Å². The fourth-order valence-corrected chi connectivity index (χ4v) is 9.13. The van der Waals surface area contributed by atoms with Crippen molar-refractivity contribution >= 4 is 79.0 Å². The Morgan fingerprint density at radius 3 is 1.68 bits per heavy atom. The van der Waals surface area contributed by atoms with Crippen LogP contribution in [-0.2, 0) is 0 Å². The summed E-state index contributed by atoms with van der Waals surface area (Å²) in [4.78, 5) is 4.49. The molecule has 12 rings (SSSR count).